The fourth-order valence-electron chi connectivity index (χ4n) is 12.5. The van der Waals surface area contributed by atoms with Gasteiger partial charge in [0.25, 0.3) is 17.7 Å². The highest BCUT2D eigenvalue weighted by Crippen LogP contribution is 2.41. The minimum atomic E-state index is -1.02. The van der Waals surface area contributed by atoms with Crippen LogP contribution < -0.4 is 27.0 Å². The van der Waals surface area contributed by atoms with Gasteiger partial charge in [-0.1, -0.05) is 82.3 Å². The van der Waals surface area contributed by atoms with Crippen molar-refractivity contribution in [1.29, 1.82) is 0 Å². The molecule has 0 saturated carbocycles. The Morgan fingerprint density at radius 3 is 1.28 bits per heavy atom. The first-order valence-electron chi connectivity index (χ1n) is 35.4. The van der Waals surface area contributed by atoms with Crippen molar-refractivity contribution in [2.24, 2.45) is 5.73 Å². The number of aliphatic hydroxyl groups is 2. The molecule has 0 bridgehead atoms. The van der Waals surface area contributed by atoms with Crippen molar-refractivity contribution in [3.05, 3.63) is 153 Å². The molecule has 8 aromatic rings. The van der Waals surface area contributed by atoms with Crippen molar-refractivity contribution in [3.63, 3.8) is 0 Å². The number of ether oxygens (including phenoxy) is 4. The minimum absolute atomic E-state index is 0. The summed E-state index contributed by atoms with van der Waals surface area (Å²) in [7, 11) is 0. The number of nitrogens with one attached hydrogen (secondary N) is 4. The molecule has 6 aliphatic rings. The SMILES string of the molecule is CC(C)(C)OC(=O)CN1CCc2sc(-c3nc(NC4CCOCC4)ncc3Cl)cc2C1=O.N[C@H](CO)c1cccc(Cl)c1.O=C(CN1CCc2sc(-c3nc(NC4CCOCC4)ncc3Cl)cc2C1=O)N[C@H](CO)c1cccc(Cl)c1.O=C(O)CN1CCc2sc(-c3nc(NC4CCOCC4)ncc3Cl)cc2C1=O.S.[HH].[HH].[HH]. The van der Waals surface area contributed by atoms with Crippen LogP contribution in [-0.4, -0.2) is 211 Å². The molecule has 2 aromatic carbocycles. The molecule has 0 spiro atoms. The molecule has 9 N–H and O–H groups in total. The van der Waals surface area contributed by atoms with Gasteiger partial charge in [-0.2, -0.15) is 13.5 Å². The summed E-state index contributed by atoms with van der Waals surface area (Å²) in [6.45, 7) is 10.2. The number of benzene rings is 2. The number of anilines is 3. The Morgan fingerprint density at radius 1 is 0.564 bits per heavy atom. The number of amides is 4. The van der Waals surface area contributed by atoms with Crippen LogP contribution in [0.3, 0.4) is 0 Å². The number of thiophene rings is 3. The van der Waals surface area contributed by atoms with E-state index in [1.807, 2.05) is 39.0 Å². The number of halogens is 5. The standard InChI is InChI=1S/C26H27Cl2N5O4S.C22H27ClN4O4S.C18H19ClN4O4S.C8H10ClNO.H2S.3H2/c27-16-3-1-2-15(10-16)20(14-34)31-23(35)13-33-7-4-21-18(25(33)36)11-22(38-21)24-19(28)12-29-26(32-24)30-17-5-8-37-9-6-17;1-22(2,3)31-18(28)12-27-7-4-16-14(20(27)29)10-17(32-16)19-15(23)11-24-21(26-19)25-13-5-8-30-9-6-13;19-12-8-20-18(21-10-2-5-27-6-3-10)22-16(12)14-7-11-13(28-14)1-4-23(17(11)26)9-15(24)25;9-7-3-1-2-6(4-7)8(10)5-11;;;;/h1-3,10-12,17,20,34H,4-9,13-14H2,(H,31,35)(H,29,30,32);10-11,13H,4-9,12H2,1-3H3,(H,24,25,26);7-8,10H,1-6,9H2,(H,24,25)(H,20,21,22);1-4,8,11H,5,10H2;1H2;3*1H/t20-;;;8-;;;;/m1..1..../s1. The second-order valence-electron chi connectivity index (χ2n) is 27.2. The molecule has 0 aliphatic carbocycles. The largest absolute Gasteiger partial charge is 0.480 e. The fourth-order valence-corrected chi connectivity index (χ4v) is 17.1. The van der Waals surface area contributed by atoms with Crippen LogP contribution in [0.5, 0.6) is 0 Å². The van der Waals surface area contributed by atoms with Gasteiger partial charge in [0.1, 0.15) is 35.8 Å². The number of nitrogens with zero attached hydrogens (tertiary/aromatic N) is 9. The molecule has 0 unspecified atom stereocenters. The number of carboxylic acids is 1. The number of fused-ring (bicyclic) bond motifs is 3. The maximum Gasteiger partial charge on any atom is 0.326 e. The van der Waals surface area contributed by atoms with E-state index in [0.29, 0.717) is 148 Å². The third-order valence-electron chi connectivity index (χ3n) is 18.0. The molecule has 0 radical (unpaired) electrons. The van der Waals surface area contributed by atoms with Crippen molar-refractivity contribution in [2.45, 2.75) is 114 Å². The van der Waals surface area contributed by atoms with Crippen LogP contribution >= 0.6 is 106 Å². The van der Waals surface area contributed by atoms with Gasteiger partial charge in [0.05, 0.1) is 96.8 Å². The lowest BCUT2D eigenvalue weighted by Crippen LogP contribution is -2.45. The van der Waals surface area contributed by atoms with E-state index in [1.165, 1.54) is 48.7 Å². The third-order valence-corrected chi connectivity index (χ3v) is 22.9. The number of nitrogens with two attached hydrogens (primary N) is 1. The quantitative estimate of drug-likeness (QED) is 0.0329. The normalized spacial score (nSPS) is 16.5. The molecule has 6 aromatic heterocycles. The number of esters is 1. The molecule has 12 heterocycles. The number of carbonyl (C=O) groups is 6. The molecule has 14 rings (SSSR count). The average molecular weight is 1690 g/mol. The Balaban J connectivity index is 0.000000218. The van der Waals surface area contributed by atoms with E-state index in [1.54, 1.807) is 67.1 Å². The lowest BCUT2D eigenvalue weighted by Gasteiger charge is -2.27. The molecule has 3 saturated heterocycles. The molecular formula is C74H91Cl5N14O13S4. The lowest BCUT2D eigenvalue weighted by molar-refractivity contribution is -0.155. The van der Waals surface area contributed by atoms with Crippen LogP contribution in [0.2, 0.25) is 25.1 Å². The molecular weight excluding hydrogens is 1600 g/mol. The number of carbonyl (C=O) groups excluding carboxylic acids is 5. The summed E-state index contributed by atoms with van der Waals surface area (Å²) >= 11 is 35.4. The van der Waals surface area contributed by atoms with Crippen LogP contribution in [0.15, 0.2) is 85.3 Å². The van der Waals surface area contributed by atoms with Gasteiger partial charge in [-0.05, 0) is 113 Å². The topological polar surface area (TPSA) is 361 Å². The van der Waals surface area contributed by atoms with Crippen LogP contribution in [-0.2, 0) is 52.6 Å². The third kappa shape index (κ3) is 23.1. The Kier molecular flexibility index (Phi) is 30.8. The van der Waals surface area contributed by atoms with Gasteiger partial charge in [-0.3, -0.25) is 28.8 Å². The van der Waals surface area contributed by atoms with Crippen LogP contribution in [0.4, 0.5) is 17.8 Å². The van der Waals surface area contributed by atoms with Gasteiger partial charge in [-0.15, -0.1) is 34.0 Å². The van der Waals surface area contributed by atoms with Gasteiger partial charge in [-0.25, -0.2) is 29.9 Å². The van der Waals surface area contributed by atoms with E-state index in [4.69, 9.17) is 92.9 Å². The van der Waals surface area contributed by atoms with Crippen molar-refractivity contribution < 1.29 is 67.3 Å². The first-order chi connectivity index (χ1) is 52.3. The van der Waals surface area contributed by atoms with Crippen molar-refractivity contribution >= 4 is 159 Å². The van der Waals surface area contributed by atoms with E-state index in [-0.39, 0.29) is 98.4 Å². The monoisotopic (exact) mass is 1690 g/mol. The van der Waals surface area contributed by atoms with Crippen molar-refractivity contribution in [1.82, 2.24) is 49.9 Å². The predicted molar refractivity (Wildman–Crippen MR) is 437 cm³/mol. The van der Waals surface area contributed by atoms with Gasteiger partial charge >= 0.3 is 11.9 Å². The Bertz CT molecular complexity index is 4570. The van der Waals surface area contributed by atoms with Gasteiger partial charge in [0.2, 0.25) is 23.8 Å². The van der Waals surface area contributed by atoms with E-state index in [9.17, 15) is 33.9 Å². The summed E-state index contributed by atoms with van der Waals surface area (Å²) in [4.78, 5) is 111. The van der Waals surface area contributed by atoms with E-state index in [0.717, 1.165) is 86.6 Å². The van der Waals surface area contributed by atoms with Crippen LogP contribution in [0.1, 0.15) is 132 Å². The number of rotatable bonds is 20. The van der Waals surface area contributed by atoms with Gasteiger partial charge in [0.15, 0.2) is 0 Å². The number of hydrogen-bond donors (Lipinski definition) is 8. The van der Waals surface area contributed by atoms with Crippen molar-refractivity contribution in [2.75, 3.05) is 108 Å². The highest BCUT2D eigenvalue weighted by molar-refractivity contribution is 7.59. The maximum atomic E-state index is 13.3. The molecule has 594 valence electrons. The Hall–Kier alpha value is -7.44. The average Bonchev–Trinajstić information content (AvgIpc) is 1.65. The highest BCUT2D eigenvalue weighted by Gasteiger charge is 2.34. The van der Waals surface area contributed by atoms with E-state index >= 15 is 0 Å². The molecule has 6 aliphatic heterocycles. The summed E-state index contributed by atoms with van der Waals surface area (Å²) in [6.07, 6.45) is 12.0. The van der Waals surface area contributed by atoms with E-state index in [2.05, 4.69) is 51.2 Å². The number of aromatic nitrogens is 6. The summed E-state index contributed by atoms with van der Waals surface area (Å²) in [5.41, 5.74) is 9.93. The minimum Gasteiger partial charge on any atom is -0.480 e. The molecule has 36 heteroatoms. The zero-order valence-corrected chi connectivity index (χ0v) is 67.6. The number of carboxylic acid groups (broad SMARTS) is 1. The van der Waals surface area contributed by atoms with Crippen LogP contribution in [0, 0.1) is 0 Å². The second-order valence-corrected chi connectivity index (χ2v) is 32.7. The maximum absolute atomic E-state index is 13.3. The zero-order chi connectivity index (χ0) is 77.5. The first kappa shape index (κ1) is 85.0. The summed E-state index contributed by atoms with van der Waals surface area (Å²) < 4.78 is 21.5. The highest BCUT2D eigenvalue weighted by atomic mass is 35.5. The summed E-state index contributed by atoms with van der Waals surface area (Å²) in [6, 6.07) is 19.3. The summed E-state index contributed by atoms with van der Waals surface area (Å²) in [5.74, 6) is -0.955. The second kappa shape index (κ2) is 39.8. The van der Waals surface area contributed by atoms with Gasteiger partial charge in [0, 0.05) is 126 Å². The molecule has 4 amide bonds. The molecule has 27 nitrogen and oxygen atoms in total. The lowest BCUT2D eigenvalue weighted by atomic mass is 10.1. The number of hydrogen-bond acceptors (Lipinski definition) is 25. The van der Waals surface area contributed by atoms with Crippen LogP contribution in [0.25, 0.3) is 31.7 Å². The Morgan fingerprint density at radius 2 is 0.927 bits per heavy atom. The molecule has 2 atom stereocenters. The van der Waals surface area contributed by atoms with Crippen molar-refractivity contribution in [3.8, 4) is 31.7 Å². The Labute approximate surface area is 684 Å². The predicted octanol–water partition coefficient (Wildman–Crippen LogP) is 12.5. The first-order valence-corrected chi connectivity index (χ1v) is 39.8. The molecule has 110 heavy (non-hydrogen) atoms. The molecule has 3 fully saturated rings. The van der Waals surface area contributed by atoms with E-state index < -0.39 is 23.6 Å². The van der Waals surface area contributed by atoms with Gasteiger partial charge < -0.3 is 76.0 Å². The number of aliphatic carboxylic acids is 1. The number of aliphatic hydroxyl groups excluding tert-OH is 2. The smallest absolute Gasteiger partial charge is 0.326 e. The summed E-state index contributed by atoms with van der Waals surface area (Å²) in [5, 5.41) is 42.7. The zero-order valence-electron chi connectivity index (χ0n) is 60.4. The fraction of sp³-hybridized carbons (Fsp3) is 0.432.